The number of ether oxygens (including phenoxy) is 1. The summed E-state index contributed by atoms with van der Waals surface area (Å²) in [6, 6.07) is 0. The van der Waals surface area contributed by atoms with Gasteiger partial charge in [0.25, 0.3) is 0 Å². The Morgan fingerprint density at radius 3 is 2.60 bits per heavy atom. The second-order valence-electron chi connectivity index (χ2n) is 7.79. The van der Waals surface area contributed by atoms with Gasteiger partial charge in [0, 0.05) is 59.7 Å². The number of aliphatic hydroxyl groups is 1. The molecule has 1 amide bonds. The van der Waals surface area contributed by atoms with Gasteiger partial charge in [0.15, 0.2) is 5.12 Å². The van der Waals surface area contributed by atoms with E-state index in [2.05, 4.69) is 14.7 Å². The SMILES string of the molecule is COC(=O)CCCC[C@@H](CCSS/C(CCO)=C(/C)N(C=O)Cc1cnc(C)nc1N)SC(C)=O. The van der Waals surface area contributed by atoms with Crippen molar-refractivity contribution in [2.45, 2.75) is 71.1 Å². The Hall–Kier alpha value is -1.76. The summed E-state index contributed by atoms with van der Waals surface area (Å²) in [4.78, 5) is 45.5. The van der Waals surface area contributed by atoms with Gasteiger partial charge in [-0.1, -0.05) is 39.8 Å². The molecule has 0 unspecified atom stereocenters. The van der Waals surface area contributed by atoms with Gasteiger partial charge in [-0.25, -0.2) is 9.97 Å². The van der Waals surface area contributed by atoms with E-state index >= 15 is 0 Å². The van der Waals surface area contributed by atoms with Crippen LogP contribution in [0.5, 0.6) is 0 Å². The van der Waals surface area contributed by atoms with Gasteiger partial charge < -0.3 is 20.5 Å². The van der Waals surface area contributed by atoms with Gasteiger partial charge in [-0.05, 0) is 33.1 Å². The topological polar surface area (TPSA) is 136 Å². The lowest BCUT2D eigenvalue weighted by atomic mass is 10.1. The third kappa shape index (κ3) is 12.7. The van der Waals surface area contributed by atoms with Crippen LogP contribution >= 0.6 is 33.3 Å². The molecule has 0 spiro atoms. The van der Waals surface area contributed by atoms with Crippen LogP contribution in [0.15, 0.2) is 16.8 Å². The number of carbonyl (C=O) groups excluding carboxylic acids is 3. The number of rotatable bonds is 17. The molecule has 0 saturated heterocycles. The number of esters is 1. The number of nitrogens with zero attached hydrogens (tertiary/aromatic N) is 3. The molecule has 0 aliphatic carbocycles. The third-order valence-corrected chi connectivity index (χ3v) is 8.87. The summed E-state index contributed by atoms with van der Waals surface area (Å²) in [7, 11) is 4.54. The molecule has 196 valence electrons. The van der Waals surface area contributed by atoms with E-state index in [1.807, 2.05) is 6.92 Å². The first kappa shape index (κ1) is 31.3. The van der Waals surface area contributed by atoms with Crippen molar-refractivity contribution in [3.63, 3.8) is 0 Å². The number of thioether (sulfide) groups is 1. The van der Waals surface area contributed by atoms with E-state index in [1.54, 1.807) is 35.7 Å². The number of hydrogen-bond donors (Lipinski definition) is 2. The van der Waals surface area contributed by atoms with Crippen LogP contribution in [0.2, 0.25) is 0 Å². The Balaban J connectivity index is 2.70. The summed E-state index contributed by atoms with van der Waals surface area (Å²) in [6.07, 6.45) is 6.45. The van der Waals surface area contributed by atoms with Gasteiger partial charge in [0.2, 0.25) is 6.41 Å². The van der Waals surface area contributed by atoms with Crippen LogP contribution in [-0.4, -0.2) is 62.2 Å². The average Bonchev–Trinajstić information content (AvgIpc) is 2.82. The second-order valence-corrected chi connectivity index (χ2v) is 11.8. The highest BCUT2D eigenvalue weighted by Crippen LogP contribution is 2.37. The molecular weight excluding hydrogens is 508 g/mol. The van der Waals surface area contributed by atoms with E-state index < -0.39 is 0 Å². The molecule has 1 rings (SSSR count). The Bertz CT molecular complexity index is 870. The fraction of sp³-hybridized carbons (Fsp3) is 0.609. The first-order valence-corrected chi connectivity index (χ1v) is 14.6. The molecule has 0 fully saturated rings. The first-order chi connectivity index (χ1) is 16.7. The highest BCUT2D eigenvalue weighted by atomic mass is 33.1. The van der Waals surface area contributed by atoms with E-state index in [-0.39, 0.29) is 29.5 Å². The number of hydrogen-bond acceptors (Lipinski definition) is 11. The van der Waals surface area contributed by atoms with E-state index in [0.29, 0.717) is 30.0 Å². The zero-order valence-electron chi connectivity index (χ0n) is 20.8. The maximum absolute atomic E-state index is 11.8. The van der Waals surface area contributed by atoms with Crippen molar-refractivity contribution in [1.82, 2.24) is 14.9 Å². The molecule has 0 bridgehead atoms. The number of methoxy groups -OCH3 is 1. The molecule has 0 aromatic carbocycles. The fourth-order valence-electron chi connectivity index (χ4n) is 3.13. The molecule has 0 radical (unpaired) electrons. The highest BCUT2D eigenvalue weighted by molar-refractivity contribution is 8.78. The molecule has 1 atom stereocenters. The predicted octanol–water partition coefficient (Wildman–Crippen LogP) is 4.09. The number of unbranched alkanes of at least 4 members (excludes halogenated alkanes) is 1. The quantitative estimate of drug-likeness (QED) is 0.127. The van der Waals surface area contributed by atoms with Gasteiger partial charge in [-0.3, -0.25) is 14.4 Å². The largest absolute Gasteiger partial charge is 0.469 e. The van der Waals surface area contributed by atoms with Crippen LogP contribution in [0.3, 0.4) is 0 Å². The average molecular weight is 545 g/mol. The number of nitrogens with two attached hydrogens (primary N) is 1. The van der Waals surface area contributed by atoms with Crippen LogP contribution in [0.4, 0.5) is 5.82 Å². The van der Waals surface area contributed by atoms with Crippen molar-refractivity contribution in [2.75, 3.05) is 25.2 Å². The van der Waals surface area contributed by atoms with Crippen LogP contribution in [0, 0.1) is 6.92 Å². The Morgan fingerprint density at radius 2 is 2.00 bits per heavy atom. The summed E-state index contributed by atoms with van der Waals surface area (Å²) >= 11 is 1.34. The van der Waals surface area contributed by atoms with E-state index in [0.717, 1.165) is 48.4 Å². The third-order valence-electron chi connectivity index (χ3n) is 5.06. The van der Waals surface area contributed by atoms with Crippen molar-refractivity contribution < 1.29 is 24.2 Å². The molecule has 9 nitrogen and oxygen atoms in total. The molecule has 3 N–H and O–H groups in total. The number of carbonyl (C=O) groups is 3. The normalized spacial score (nSPS) is 12.6. The number of aromatic nitrogens is 2. The number of allylic oxidation sites excluding steroid dienone is 1. The molecule has 1 aromatic rings. The van der Waals surface area contributed by atoms with E-state index in [9.17, 15) is 19.5 Å². The van der Waals surface area contributed by atoms with E-state index in [4.69, 9.17) is 5.73 Å². The van der Waals surface area contributed by atoms with Crippen LogP contribution in [0.25, 0.3) is 0 Å². The lowest BCUT2D eigenvalue weighted by Gasteiger charge is -2.22. The summed E-state index contributed by atoms with van der Waals surface area (Å²) < 4.78 is 4.67. The Labute approximate surface area is 219 Å². The van der Waals surface area contributed by atoms with Gasteiger partial charge in [-0.15, -0.1) is 0 Å². The number of amides is 1. The molecule has 12 heteroatoms. The van der Waals surface area contributed by atoms with Gasteiger partial charge in [0.05, 0.1) is 13.7 Å². The minimum atomic E-state index is -0.215. The standard InChI is InChI=1S/C23H36N4O5S3/c1-16(27(15-29)14-19-13-25-17(2)26-23(19)24)21(9-11-28)35-33-12-10-20(34-18(3)30)7-5-6-8-22(31)32-4/h13,15,20,28H,5-12,14H2,1-4H3,(H2,24,25,26)/b21-16-/t20-/m0/s1. The minimum absolute atomic E-state index is 0.0360. The van der Waals surface area contributed by atoms with Crippen LogP contribution < -0.4 is 5.73 Å². The van der Waals surface area contributed by atoms with Gasteiger partial charge in [-0.2, -0.15) is 0 Å². The van der Waals surface area contributed by atoms with Crippen molar-refractivity contribution >= 4 is 56.7 Å². The molecular formula is C23H36N4O5S3. The molecule has 0 aliphatic rings. The molecule has 1 heterocycles. The minimum Gasteiger partial charge on any atom is -0.469 e. The summed E-state index contributed by atoms with van der Waals surface area (Å²) in [6.45, 7) is 5.36. The van der Waals surface area contributed by atoms with E-state index in [1.165, 1.54) is 29.7 Å². The van der Waals surface area contributed by atoms with Crippen molar-refractivity contribution in [3.05, 3.63) is 28.2 Å². The summed E-state index contributed by atoms with van der Waals surface area (Å²) in [5.41, 5.74) is 7.37. The highest BCUT2D eigenvalue weighted by Gasteiger charge is 2.16. The zero-order chi connectivity index (χ0) is 26.2. The monoisotopic (exact) mass is 544 g/mol. The summed E-state index contributed by atoms with van der Waals surface area (Å²) in [5.74, 6) is 1.49. The van der Waals surface area contributed by atoms with Crippen molar-refractivity contribution in [1.29, 1.82) is 0 Å². The van der Waals surface area contributed by atoms with Crippen LogP contribution in [-0.2, 0) is 25.7 Å². The first-order valence-electron chi connectivity index (χ1n) is 11.4. The fourth-order valence-corrected chi connectivity index (χ4v) is 6.86. The number of aliphatic hydroxyl groups excluding tert-OH is 1. The predicted molar refractivity (Wildman–Crippen MR) is 144 cm³/mol. The molecule has 0 aliphatic heterocycles. The van der Waals surface area contributed by atoms with Crippen LogP contribution in [0.1, 0.15) is 63.8 Å². The lowest BCUT2D eigenvalue weighted by Crippen LogP contribution is -2.21. The Morgan fingerprint density at radius 1 is 1.26 bits per heavy atom. The maximum Gasteiger partial charge on any atom is 0.305 e. The maximum atomic E-state index is 11.8. The van der Waals surface area contributed by atoms with Crippen molar-refractivity contribution in [2.24, 2.45) is 0 Å². The lowest BCUT2D eigenvalue weighted by molar-refractivity contribution is -0.140. The van der Waals surface area contributed by atoms with Gasteiger partial charge in [0.1, 0.15) is 11.6 Å². The number of anilines is 1. The molecule has 35 heavy (non-hydrogen) atoms. The summed E-state index contributed by atoms with van der Waals surface area (Å²) in [5, 5.41) is 9.81. The Kier molecular flexibility index (Phi) is 15.8. The number of aryl methyl sites for hydroxylation is 1. The van der Waals surface area contributed by atoms with Crippen molar-refractivity contribution in [3.8, 4) is 0 Å². The molecule has 1 aromatic heterocycles. The smallest absolute Gasteiger partial charge is 0.305 e. The van der Waals surface area contributed by atoms with Gasteiger partial charge >= 0.3 is 5.97 Å². The number of nitrogen functional groups attached to an aromatic ring is 1. The zero-order valence-corrected chi connectivity index (χ0v) is 23.3. The molecule has 0 saturated carbocycles. The second kappa shape index (κ2) is 17.6.